The van der Waals surface area contributed by atoms with Crippen molar-refractivity contribution in [3.8, 4) is 5.69 Å². The maximum absolute atomic E-state index is 13.1. The third-order valence-electron chi connectivity index (χ3n) is 4.97. The van der Waals surface area contributed by atoms with Gasteiger partial charge >= 0.3 is 0 Å². The lowest BCUT2D eigenvalue weighted by molar-refractivity contribution is -0.136. The molecule has 6 nitrogen and oxygen atoms in total. The number of halogens is 1. The molecule has 1 saturated heterocycles. The van der Waals surface area contributed by atoms with Gasteiger partial charge in [0.15, 0.2) is 0 Å². The molecule has 0 bridgehead atoms. The number of rotatable bonds is 6. The van der Waals surface area contributed by atoms with Crippen molar-refractivity contribution < 1.29 is 9.53 Å². The number of benzene rings is 1. The Balaban J connectivity index is 0.00000243. The number of methoxy groups -OCH3 is 1. The number of hydrogen-bond donors (Lipinski definition) is 2. The second-order valence-corrected chi connectivity index (χ2v) is 6.67. The van der Waals surface area contributed by atoms with Gasteiger partial charge in [0, 0.05) is 19.5 Å². The van der Waals surface area contributed by atoms with Crippen molar-refractivity contribution in [1.82, 2.24) is 20.4 Å². The van der Waals surface area contributed by atoms with Gasteiger partial charge in [0.1, 0.15) is 0 Å². The lowest BCUT2D eigenvalue weighted by Crippen LogP contribution is -2.50. The number of piperidine rings is 1. The van der Waals surface area contributed by atoms with Crippen LogP contribution in [0, 0.1) is 5.41 Å². The summed E-state index contributed by atoms with van der Waals surface area (Å²) in [6.45, 7) is 4.15. The number of ether oxygens (including phenoxy) is 1. The molecule has 0 spiro atoms. The molecule has 1 aliphatic heterocycles. The first-order valence-corrected chi connectivity index (χ1v) is 8.76. The highest BCUT2D eigenvalue weighted by Crippen LogP contribution is 2.31. The van der Waals surface area contributed by atoms with Crippen molar-refractivity contribution in [2.24, 2.45) is 5.41 Å². The van der Waals surface area contributed by atoms with Gasteiger partial charge in [-0.25, -0.2) is 4.68 Å². The quantitative estimate of drug-likeness (QED) is 0.810. The third kappa shape index (κ3) is 4.26. The Morgan fingerprint density at radius 3 is 2.73 bits per heavy atom. The fourth-order valence-electron chi connectivity index (χ4n) is 3.52. The van der Waals surface area contributed by atoms with Crippen LogP contribution >= 0.6 is 12.4 Å². The summed E-state index contributed by atoms with van der Waals surface area (Å²) in [5.74, 6) is 0.0682. The SMILES string of the molecule is COCC1(C(=O)NC(C)c2ccccc2-n2cccn2)CCNCC1.Cl. The second-order valence-electron chi connectivity index (χ2n) is 6.67. The number of carbonyl (C=O) groups is 1. The predicted molar refractivity (Wildman–Crippen MR) is 104 cm³/mol. The van der Waals surface area contributed by atoms with Crippen molar-refractivity contribution in [2.45, 2.75) is 25.8 Å². The molecule has 3 rings (SSSR count). The molecule has 2 heterocycles. The first kappa shape index (κ1) is 20.4. The van der Waals surface area contributed by atoms with Gasteiger partial charge in [-0.2, -0.15) is 5.10 Å². The molecule has 7 heteroatoms. The molecule has 26 heavy (non-hydrogen) atoms. The number of aromatic nitrogens is 2. The number of nitrogens with one attached hydrogen (secondary N) is 2. The highest BCUT2D eigenvalue weighted by molar-refractivity contribution is 5.85. The smallest absolute Gasteiger partial charge is 0.229 e. The first-order chi connectivity index (χ1) is 12.2. The third-order valence-corrected chi connectivity index (χ3v) is 4.97. The van der Waals surface area contributed by atoms with E-state index >= 15 is 0 Å². The molecular weight excluding hydrogens is 352 g/mol. The van der Waals surface area contributed by atoms with E-state index in [0.29, 0.717) is 6.61 Å². The van der Waals surface area contributed by atoms with Gasteiger partial charge in [-0.1, -0.05) is 18.2 Å². The molecule has 1 atom stereocenters. The minimum atomic E-state index is -0.450. The Labute approximate surface area is 160 Å². The number of nitrogens with zero attached hydrogens (tertiary/aromatic N) is 2. The molecule has 142 valence electrons. The molecule has 1 aromatic carbocycles. The summed E-state index contributed by atoms with van der Waals surface area (Å²) in [6.07, 6.45) is 5.25. The minimum absolute atomic E-state index is 0. The van der Waals surface area contributed by atoms with Gasteiger partial charge in [0.05, 0.1) is 23.8 Å². The van der Waals surface area contributed by atoms with Crippen LogP contribution in [0.15, 0.2) is 42.7 Å². The van der Waals surface area contributed by atoms with E-state index in [4.69, 9.17) is 4.74 Å². The van der Waals surface area contributed by atoms with Gasteiger partial charge in [0.25, 0.3) is 0 Å². The monoisotopic (exact) mass is 378 g/mol. The van der Waals surface area contributed by atoms with Crippen molar-refractivity contribution in [1.29, 1.82) is 0 Å². The van der Waals surface area contributed by atoms with E-state index in [1.807, 2.05) is 48.1 Å². The van der Waals surface area contributed by atoms with E-state index in [1.54, 1.807) is 13.3 Å². The second kappa shape index (κ2) is 9.16. The van der Waals surface area contributed by atoms with Gasteiger partial charge in [0.2, 0.25) is 5.91 Å². The van der Waals surface area contributed by atoms with Crippen LogP contribution in [0.4, 0.5) is 0 Å². The standard InChI is InChI=1S/C19H26N4O2.ClH/c1-15(16-6-3-4-7-17(16)23-13-5-10-21-23)22-18(24)19(14-25-2)8-11-20-12-9-19;/h3-7,10,13,15,20H,8-9,11-12,14H2,1-2H3,(H,22,24);1H. The van der Waals surface area contributed by atoms with E-state index in [9.17, 15) is 4.79 Å². The number of hydrogen-bond acceptors (Lipinski definition) is 4. The van der Waals surface area contributed by atoms with Gasteiger partial charge in [-0.3, -0.25) is 4.79 Å². The summed E-state index contributed by atoms with van der Waals surface area (Å²) >= 11 is 0. The Kier molecular flexibility index (Phi) is 7.20. The highest BCUT2D eigenvalue weighted by Gasteiger charge is 2.40. The molecule has 0 saturated carbocycles. The van der Waals surface area contributed by atoms with E-state index < -0.39 is 5.41 Å². The van der Waals surface area contributed by atoms with Crippen LogP contribution in [0.3, 0.4) is 0 Å². The fraction of sp³-hybridized carbons (Fsp3) is 0.474. The topological polar surface area (TPSA) is 68.2 Å². The van der Waals surface area contributed by atoms with Gasteiger partial charge < -0.3 is 15.4 Å². The summed E-state index contributed by atoms with van der Waals surface area (Å²) < 4.78 is 7.20. The number of para-hydroxylation sites is 1. The lowest BCUT2D eigenvalue weighted by atomic mass is 9.78. The van der Waals surface area contributed by atoms with Crippen LogP contribution in [-0.2, 0) is 9.53 Å². The summed E-state index contributed by atoms with van der Waals surface area (Å²) in [4.78, 5) is 13.1. The van der Waals surface area contributed by atoms with Crippen molar-refractivity contribution in [2.75, 3.05) is 26.8 Å². The van der Waals surface area contributed by atoms with E-state index in [0.717, 1.165) is 37.2 Å². The van der Waals surface area contributed by atoms with Gasteiger partial charge in [-0.05, 0) is 50.6 Å². The molecule has 1 unspecified atom stereocenters. The molecule has 1 aromatic heterocycles. The average molecular weight is 379 g/mol. The largest absolute Gasteiger partial charge is 0.384 e. The zero-order valence-electron chi connectivity index (χ0n) is 15.3. The normalized spacial score (nSPS) is 17.2. The van der Waals surface area contributed by atoms with E-state index in [2.05, 4.69) is 15.7 Å². The zero-order valence-corrected chi connectivity index (χ0v) is 16.1. The molecule has 2 N–H and O–H groups in total. The predicted octanol–water partition coefficient (Wildman–Crippen LogP) is 2.49. The Morgan fingerprint density at radius 2 is 2.08 bits per heavy atom. The average Bonchev–Trinajstić information content (AvgIpc) is 3.17. The number of carbonyl (C=O) groups excluding carboxylic acids is 1. The van der Waals surface area contributed by atoms with Crippen LogP contribution in [0.1, 0.15) is 31.4 Å². The van der Waals surface area contributed by atoms with Crippen molar-refractivity contribution >= 4 is 18.3 Å². The Bertz CT molecular complexity index is 694. The molecule has 0 aliphatic carbocycles. The van der Waals surface area contributed by atoms with Crippen molar-refractivity contribution in [3.63, 3.8) is 0 Å². The Morgan fingerprint density at radius 1 is 1.35 bits per heavy atom. The van der Waals surface area contributed by atoms with Crippen LogP contribution in [0.2, 0.25) is 0 Å². The van der Waals surface area contributed by atoms with E-state index in [1.165, 1.54) is 0 Å². The van der Waals surface area contributed by atoms with E-state index in [-0.39, 0.29) is 24.4 Å². The molecule has 1 amide bonds. The fourth-order valence-corrected chi connectivity index (χ4v) is 3.52. The summed E-state index contributed by atoms with van der Waals surface area (Å²) in [5, 5.41) is 10.8. The maximum atomic E-state index is 13.1. The summed E-state index contributed by atoms with van der Waals surface area (Å²) in [6, 6.07) is 9.79. The molecular formula is C19H27ClN4O2. The van der Waals surface area contributed by atoms with Crippen molar-refractivity contribution in [3.05, 3.63) is 48.3 Å². The summed E-state index contributed by atoms with van der Waals surface area (Å²) in [7, 11) is 1.66. The van der Waals surface area contributed by atoms with Crippen LogP contribution < -0.4 is 10.6 Å². The Hall–Kier alpha value is -1.89. The zero-order chi connectivity index (χ0) is 17.7. The molecule has 1 fully saturated rings. The highest BCUT2D eigenvalue weighted by atomic mass is 35.5. The van der Waals surface area contributed by atoms with Crippen LogP contribution in [-0.4, -0.2) is 42.5 Å². The number of amides is 1. The molecule has 1 aliphatic rings. The minimum Gasteiger partial charge on any atom is -0.384 e. The molecule has 0 radical (unpaired) electrons. The van der Waals surface area contributed by atoms with Gasteiger partial charge in [-0.15, -0.1) is 12.4 Å². The molecule has 2 aromatic rings. The lowest BCUT2D eigenvalue weighted by Gasteiger charge is -2.36. The maximum Gasteiger partial charge on any atom is 0.229 e. The van der Waals surface area contributed by atoms with Crippen LogP contribution in [0.25, 0.3) is 5.69 Å². The van der Waals surface area contributed by atoms with Crippen LogP contribution in [0.5, 0.6) is 0 Å². The summed E-state index contributed by atoms with van der Waals surface area (Å²) in [5.41, 5.74) is 1.57. The first-order valence-electron chi connectivity index (χ1n) is 8.76.